The summed E-state index contributed by atoms with van der Waals surface area (Å²) in [6.45, 7) is 4.81. The number of esters is 1. The Hall–Kier alpha value is -2.37. The number of carbonyl (C=O) groups excluding carboxylic acids is 3. The molecule has 0 saturated carbocycles. The molecule has 0 radical (unpaired) electrons. The number of rotatable bonds is 6. The van der Waals surface area contributed by atoms with Gasteiger partial charge in [-0.15, -0.1) is 0 Å². The van der Waals surface area contributed by atoms with Gasteiger partial charge < -0.3 is 15.4 Å². The molecule has 0 spiro atoms. The third kappa shape index (κ3) is 7.10. The van der Waals surface area contributed by atoms with Crippen LogP contribution < -0.4 is 10.6 Å². The summed E-state index contributed by atoms with van der Waals surface area (Å²) in [4.78, 5) is 33.8. The van der Waals surface area contributed by atoms with E-state index in [9.17, 15) is 14.4 Å². The van der Waals surface area contributed by atoms with Crippen LogP contribution in [0.5, 0.6) is 0 Å². The minimum absolute atomic E-state index is 0.0116. The van der Waals surface area contributed by atoms with Gasteiger partial charge in [0, 0.05) is 18.7 Å². The van der Waals surface area contributed by atoms with Gasteiger partial charge in [-0.25, -0.2) is 0 Å². The van der Waals surface area contributed by atoms with Crippen molar-refractivity contribution in [3.63, 3.8) is 0 Å². The predicted octanol–water partition coefficient (Wildman–Crippen LogP) is 1.26. The molecule has 21 heavy (non-hydrogen) atoms. The molecule has 1 rings (SSSR count). The van der Waals surface area contributed by atoms with E-state index in [1.165, 1.54) is 6.92 Å². The Morgan fingerprint density at radius 3 is 2.29 bits per heavy atom. The van der Waals surface area contributed by atoms with Crippen LogP contribution in [0.4, 0.5) is 5.69 Å². The first-order valence-electron chi connectivity index (χ1n) is 6.68. The Morgan fingerprint density at radius 2 is 1.76 bits per heavy atom. The quantitative estimate of drug-likeness (QED) is 0.773. The van der Waals surface area contributed by atoms with Gasteiger partial charge in [0.15, 0.2) is 6.61 Å². The SMILES string of the molecule is CC(=O)Nc1ccc(CC(=O)OCC(=O)NC(C)C)cc1. The van der Waals surface area contributed by atoms with Crippen LogP contribution in [0.25, 0.3) is 0 Å². The fraction of sp³-hybridized carbons (Fsp3) is 0.400. The number of hydrogen-bond acceptors (Lipinski definition) is 4. The molecule has 0 bridgehead atoms. The average molecular weight is 292 g/mol. The lowest BCUT2D eigenvalue weighted by Gasteiger charge is -2.09. The molecule has 114 valence electrons. The third-order valence-corrected chi connectivity index (χ3v) is 2.44. The fourth-order valence-electron chi connectivity index (χ4n) is 1.64. The molecule has 2 N–H and O–H groups in total. The maximum atomic E-state index is 11.6. The Morgan fingerprint density at radius 1 is 1.14 bits per heavy atom. The molecule has 0 fully saturated rings. The lowest BCUT2D eigenvalue weighted by molar-refractivity contribution is -0.148. The van der Waals surface area contributed by atoms with E-state index in [-0.39, 0.29) is 30.9 Å². The van der Waals surface area contributed by atoms with Gasteiger partial charge in [-0.05, 0) is 31.5 Å². The number of anilines is 1. The van der Waals surface area contributed by atoms with Gasteiger partial charge in [-0.3, -0.25) is 14.4 Å². The zero-order valence-electron chi connectivity index (χ0n) is 12.4. The number of benzene rings is 1. The zero-order valence-corrected chi connectivity index (χ0v) is 12.4. The molecule has 1 aromatic rings. The van der Waals surface area contributed by atoms with Crippen LogP contribution in [0.1, 0.15) is 26.3 Å². The summed E-state index contributed by atoms with van der Waals surface area (Å²) in [5, 5.41) is 5.27. The summed E-state index contributed by atoms with van der Waals surface area (Å²) >= 11 is 0. The van der Waals surface area contributed by atoms with Crippen molar-refractivity contribution in [1.82, 2.24) is 5.32 Å². The fourth-order valence-corrected chi connectivity index (χ4v) is 1.64. The lowest BCUT2D eigenvalue weighted by atomic mass is 10.1. The second kappa shape index (κ2) is 8.04. The van der Waals surface area contributed by atoms with E-state index in [2.05, 4.69) is 10.6 Å². The van der Waals surface area contributed by atoms with Crippen molar-refractivity contribution in [2.45, 2.75) is 33.2 Å². The van der Waals surface area contributed by atoms with E-state index < -0.39 is 5.97 Å². The van der Waals surface area contributed by atoms with Gasteiger partial charge in [0.25, 0.3) is 5.91 Å². The molecule has 0 saturated heterocycles. The summed E-state index contributed by atoms with van der Waals surface area (Å²) in [5.74, 6) is -0.945. The van der Waals surface area contributed by atoms with E-state index in [1.54, 1.807) is 24.3 Å². The van der Waals surface area contributed by atoms with Gasteiger partial charge in [-0.1, -0.05) is 12.1 Å². The van der Waals surface area contributed by atoms with Crippen LogP contribution in [-0.2, 0) is 25.5 Å². The summed E-state index contributed by atoms with van der Waals surface area (Å²) in [5.41, 5.74) is 1.41. The van der Waals surface area contributed by atoms with Crippen LogP contribution in [-0.4, -0.2) is 30.4 Å². The predicted molar refractivity (Wildman–Crippen MR) is 78.7 cm³/mol. The molecule has 0 unspecified atom stereocenters. The van der Waals surface area contributed by atoms with Gasteiger partial charge in [0.05, 0.1) is 6.42 Å². The molecule has 1 aromatic carbocycles. The number of nitrogens with one attached hydrogen (secondary N) is 2. The molecule has 6 nitrogen and oxygen atoms in total. The number of hydrogen-bond donors (Lipinski definition) is 2. The first-order valence-corrected chi connectivity index (χ1v) is 6.68. The van der Waals surface area contributed by atoms with Crippen LogP contribution in [0.3, 0.4) is 0 Å². The Labute approximate surface area is 123 Å². The Balaban J connectivity index is 2.40. The summed E-state index contributed by atoms with van der Waals surface area (Å²) < 4.78 is 4.88. The molecule has 6 heteroatoms. The molecule has 2 amide bonds. The van der Waals surface area contributed by atoms with E-state index in [0.29, 0.717) is 5.69 Å². The van der Waals surface area contributed by atoms with Crippen molar-refractivity contribution in [3.05, 3.63) is 29.8 Å². The normalized spacial score (nSPS) is 10.1. The number of amides is 2. The van der Waals surface area contributed by atoms with Crippen molar-refractivity contribution < 1.29 is 19.1 Å². The first kappa shape index (κ1) is 16.7. The van der Waals surface area contributed by atoms with Gasteiger partial charge >= 0.3 is 5.97 Å². The maximum Gasteiger partial charge on any atom is 0.310 e. The van der Waals surface area contributed by atoms with E-state index in [0.717, 1.165) is 5.56 Å². The van der Waals surface area contributed by atoms with Crippen LogP contribution in [0.15, 0.2) is 24.3 Å². The molecular formula is C15H20N2O4. The summed E-state index contributed by atoms with van der Waals surface area (Å²) in [6.07, 6.45) is 0.0787. The topological polar surface area (TPSA) is 84.5 Å². The molecule has 0 heterocycles. The molecule has 0 aliphatic heterocycles. The highest BCUT2D eigenvalue weighted by atomic mass is 16.5. The van der Waals surface area contributed by atoms with Crippen molar-refractivity contribution in [1.29, 1.82) is 0 Å². The molecule has 0 aliphatic carbocycles. The van der Waals surface area contributed by atoms with Crippen molar-refractivity contribution in [3.8, 4) is 0 Å². The standard InChI is InChI=1S/C15H20N2O4/c1-10(2)16-14(19)9-21-15(20)8-12-4-6-13(7-5-12)17-11(3)18/h4-7,10H,8-9H2,1-3H3,(H,16,19)(H,17,18). The molecule has 0 aliphatic rings. The van der Waals surface area contributed by atoms with E-state index in [1.807, 2.05) is 13.8 Å². The van der Waals surface area contributed by atoms with Gasteiger partial charge in [0.2, 0.25) is 5.91 Å². The first-order chi connectivity index (χ1) is 9.86. The average Bonchev–Trinajstić information content (AvgIpc) is 2.37. The highest BCUT2D eigenvalue weighted by Crippen LogP contribution is 2.10. The second-order valence-corrected chi connectivity index (χ2v) is 4.94. The second-order valence-electron chi connectivity index (χ2n) is 4.94. The lowest BCUT2D eigenvalue weighted by Crippen LogP contribution is -2.34. The van der Waals surface area contributed by atoms with Crippen molar-refractivity contribution in [2.75, 3.05) is 11.9 Å². The largest absolute Gasteiger partial charge is 0.455 e. The molecule has 0 atom stereocenters. The van der Waals surface area contributed by atoms with Crippen LogP contribution >= 0.6 is 0 Å². The van der Waals surface area contributed by atoms with Crippen LogP contribution in [0, 0.1) is 0 Å². The maximum absolute atomic E-state index is 11.6. The monoisotopic (exact) mass is 292 g/mol. The summed E-state index contributed by atoms with van der Waals surface area (Å²) in [6, 6.07) is 6.87. The summed E-state index contributed by atoms with van der Waals surface area (Å²) in [7, 11) is 0. The smallest absolute Gasteiger partial charge is 0.310 e. The Kier molecular flexibility index (Phi) is 6.39. The van der Waals surface area contributed by atoms with Gasteiger partial charge in [0.1, 0.15) is 0 Å². The highest BCUT2D eigenvalue weighted by Gasteiger charge is 2.09. The van der Waals surface area contributed by atoms with E-state index >= 15 is 0 Å². The van der Waals surface area contributed by atoms with E-state index in [4.69, 9.17) is 4.74 Å². The minimum Gasteiger partial charge on any atom is -0.455 e. The molecule has 0 aromatic heterocycles. The van der Waals surface area contributed by atoms with Crippen LogP contribution in [0.2, 0.25) is 0 Å². The number of ether oxygens (including phenoxy) is 1. The van der Waals surface area contributed by atoms with Crippen molar-refractivity contribution in [2.24, 2.45) is 0 Å². The van der Waals surface area contributed by atoms with Crippen molar-refractivity contribution >= 4 is 23.5 Å². The minimum atomic E-state index is -0.471. The molecular weight excluding hydrogens is 272 g/mol. The number of carbonyl (C=O) groups is 3. The highest BCUT2D eigenvalue weighted by molar-refractivity contribution is 5.88. The Bertz CT molecular complexity index is 509. The van der Waals surface area contributed by atoms with Gasteiger partial charge in [-0.2, -0.15) is 0 Å². The zero-order chi connectivity index (χ0) is 15.8. The third-order valence-electron chi connectivity index (χ3n) is 2.44.